The lowest BCUT2D eigenvalue weighted by Gasteiger charge is -2.35. The van der Waals surface area contributed by atoms with E-state index < -0.39 is 30.4 Å². The first-order valence-electron chi connectivity index (χ1n) is 11.6. The molecule has 0 saturated heterocycles. The molecule has 1 aliphatic heterocycles. The molecule has 2 amide bonds. The first-order chi connectivity index (χ1) is 16.9. The first-order valence-corrected chi connectivity index (χ1v) is 12.5. The quantitative estimate of drug-likeness (QED) is 0.528. The number of nitrogens with zero attached hydrogens (tertiary/aromatic N) is 1. The molecule has 2 unspecified atom stereocenters. The number of aliphatic carboxylic acids is 1. The van der Waals surface area contributed by atoms with Crippen molar-refractivity contribution in [3.63, 3.8) is 0 Å². The lowest BCUT2D eigenvalue weighted by atomic mass is 9.98. The molecule has 1 aliphatic carbocycles. The Labute approximate surface area is 207 Å². The highest BCUT2D eigenvalue weighted by Crippen LogP contribution is 2.44. The van der Waals surface area contributed by atoms with Gasteiger partial charge in [0.05, 0.1) is 12.5 Å². The summed E-state index contributed by atoms with van der Waals surface area (Å²) in [6, 6.07) is 16.6. The number of nitrogens with one attached hydrogen (secondary N) is 1. The second kappa shape index (κ2) is 9.54. The molecule has 2 aromatic carbocycles. The Morgan fingerprint density at radius 1 is 1.06 bits per heavy atom. The van der Waals surface area contributed by atoms with Crippen LogP contribution in [0.5, 0.6) is 0 Å². The smallest absolute Gasteiger partial charge is 0.407 e. The maximum absolute atomic E-state index is 13.3. The first kappa shape index (κ1) is 23.1. The third-order valence-corrected chi connectivity index (χ3v) is 7.87. The second-order valence-electron chi connectivity index (χ2n) is 8.88. The van der Waals surface area contributed by atoms with Crippen LogP contribution in [0.2, 0.25) is 0 Å². The van der Waals surface area contributed by atoms with Crippen molar-refractivity contribution in [2.24, 2.45) is 0 Å². The SMILES string of the molecule is CC1c2ccsc2CCN1C(=O)C(CC(=O)O)NC(=O)OCC1c2ccccc2-c2ccccc21. The van der Waals surface area contributed by atoms with Crippen LogP contribution < -0.4 is 5.32 Å². The van der Waals surface area contributed by atoms with Crippen LogP contribution in [0.4, 0.5) is 4.79 Å². The predicted octanol–water partition coefficient (Wildman–Crippen LogP) is 4.58. The molecule has 1 aromatic heterocycles. The van der Waals surface area contributed by atoms with Crippen LogP contribution in [0.15, 0.2) is 60.0 Å². The van der Waals surface area contributed by atoms with E-state index in [-0.39, 0.29) is 18.6 Å². The van der Waals surface area contributed by atoms with E-state index in [0.717, 1.165) is 27.8 Å². The van der Waals surface area contributed by atoms with Crippen LogP contribution in [-0.4, -0.2) is 47.2 Å². The van der Waals surface area contributed by atoms with Gasteiger partial charge in [-0.3, -0.25) is 9.59 Å². The number of rotatable bonds is 6. The Bertz CT molecular complexity index is 1240. The van der Waals surface area contributed by atoms with Gasteiger partial charge in [-0.15, -0.1) is 11.3 Å². The van der Waals surface area contributed by atoms with Gasteiger partial charge < -0.3 is 20.1 Å². The molecule has 2 atom stereocenters. The average molecular weight is 491 g/mol. The summed E-state index contributed by atoms with van der Waals surface area (Å²) in [6.45, 7) is 2.50. The third kappa shape index (κ3) is 4.41. The molecule has 3 aromatic rings. The molecule has 8 heteroatoms. The fourth-order valence-electron chi connectivity index (χ4n) is 5.17. The van der Waals surface area contributed by atoms with Crippen LogP contribution in [0.25, 0.3) is 11.1 Å². The van der Waals surface area contributed by atoms with Crippen molar-refractivity contribution in [2.75, 3.05) is 13.2 Å². The van der Waals surface area contributed by atoms with E-state index in [1.807, 2.05) is 54.8 Å². The van der Waals surface area contributed by atoms with E-state index in [0.29, 0.717) is 13.0 Å². The number of carboxylic acids is 1. The van der Waals surface area contributed by atoms with Gasteiger partial charge in [0.1, 0.15) is 12.6 Å². The molecule has 180 valence electrons. The number of carbonyl (C=O) groups excluding carboxylic acids is 2. The highest BCUT2D eigenvalue weighted by Gasteiger charge is 2.35. The maximum atomic E-state index is 13.3. The predicted molar refractivity (Wildman–Crippen MR) is 132 cm³/mol. The number of alkyl carbamates (subject to hydrolysis) is 1. The number of amides is 2. The minimum Gasteiger partial charge on any atom is -0.481 e. The van der Waals surface area contributed by atoms with Crippen molar-refractivity contribution in [1.82, 2.24) is 10.2 Å². The molecular formula is C27H26N2O5S. The van der Waals surface area contributed by atoms with Crippen LogP contribution in [0.3, 0.4) is 0 Å². The van der Waals surface area contributed by atoms with Crippen molar-refractivity contribution in [3.8, 4) is 11.1 Å². The summed E-state index contributed by atoms with van der Waals surface area (Å²) in [7, 11) is 0. The topological polar surface area (TPSA) is 95.9 Å². The Hall–Kier alpha value is -3.65. The van der Waals surface area contributed by atoms with Gasteiger partial charge in [0.15, 0.2) is 0 Å². The molecule has 0 spiro atoms. The van der Waals surface area contributed by atoms with Gasteiger partial charge in [-0.05, 0) is 52.6 Å². The van der Waals surface area contributed by atoms with Crippen molar-refractivity contribution < 1.29 is 24.2 Å². The lowest BCUT2D eigenvalue weighted by Crippen LogP contribution is -2.51. The van der Waals surface area contributed by atoms with Crippen molar-refractivity contribution in [3.05, 3.63) is 81.5 Å². The lowest BCUT2D eigenvalue weighted by molar-refractivity contribution is -0.143. The van der Waals surface area contributed by atoms with Crippen LogP contribution in [0.1, 0.15) is 46.9 Å². The van der Waals surface area contributed by atoms with Crippen LogP contribution >= 0.6 is 11.3 Å². The van der Waals surface area contributed by atoms with E-state index in [1.165, 1.54) is 4.88 Å². The minimum atomic E-state index is -1.20. The highest BCUT2D eigenvalue weighted by molar-refractivity contribution is 7.10. The Morgan fingerprint density at radius 3 is 2.37 bits per heavy atom. The number of hydrogen-bond donors (Lipinski definition) is 2. The largest absolute Gasteiger partial charge is 0.481 e. The van der Waals surface area contributed by atoms with Crippen molar-refractivity contribution in [1.29, 1.82) is 0 Å². The standard InChI is InChI=1S/C27H26N2O5S/c1-16-17-11-13-35-24(17)10-12-29(16)26(32)23(14-25(30)31)28-27(33)34-15-22-20-8-4-2-6-18(20)19-7-3-5-9-21(19)22/h2-9,11,13,16,22-23H,10,12,14-15H2,1H3,(H,28,33)(H,30,31). The molecule has 0 fully saturated rings. The normalized spacial score (nSPS) is 17.2. The number of carboxylic acid groups (broad SMARTS) is 1. The van der Waals surface area contributed by atoms with Crippen LogP contribution in [0, 0.1) is 0 Å². The molecule has 2 aliphatic rings. The summed E-state index contributed by atoms with van der Waals surface area (Å²) in [5.74, 6) is -1.70. The fraction of sp³-hybridized carbons (Fsp3) is 0.296. The molecule has 35 heavy (non-hydrogen) atoms. The molecule has 7 nitrogen and oxygen atoms in total. The van der Waals surface area contributed by atoms with Gasteiger partial charge in [0.25, 0.3) is 0 Å². The fourth-order valence-corrected chi connectivity index (χ4v) is 6.13. The van der Waals surface area contributed by atoms with Crippen LogP contribution in [-0.2, 0) is 20.7 Å². The summed E-state index contributed by atoms with van der Waals surface area (Å²) < 4.78 is 5.55. The van der Waals surface area contributed by atoms with Crippen molar-refractivity contribution >= 4 is 29.3 Å². The van der Waals surface area contributed by atoms with E-state index in [4.69, 9.17) is 4.74 Å². The summed E-state index contributed by atoms with van der Waals surface area (Å²) in [5, 5.41) is 13.9. The summed E-state index contributed by atoms with van der Waals surface area (Å²) in [5.41, 5.74) is 5.46. The molecule has 2 heterocycles. The zero-order chi connectivity index (χ0) is 24.5. The van der Waals surface area contributed by atoms with E-state index in [2.05, 4.69) is 17.4 Å². The van der Waals surface area contributed by atoms with Gasteiger partial charge in [0.2, 0.25) is 5.91 Å². The molecule has 2 N–H and O–H groups in total. The highest BCUT2D eigenvalue weighted by atomic mass is 32.1. The Morgan fingerprint density at radius 2 is 1.71 bits per heavy atom. The van der Waals surface area contributed by atoms with Gasteiger partial charge in [-0.1, -0.05) is 48.5 Å². The Balaban J connectivity index is 1.28. The molecule has 5 rings (SSSR count). The Kier molecular flexibility index (Phi) is 6.30. The summed E-state index contributed by atoms with van der Waals surface area (Å²) in [6.07, 6.45) is -0.594. The maximum Gasteiger partial charge on any atom is 0.407 e. The molecule has 0 saturated carbocycles. The van der Waals surface area contributed by atoms with Gasteiger partial charge in [-0.25, -0.2) is 4.79 Å². The van der Waals surface area contributed by atoms with E-state index >= 15 is 0 Å². The molecular weight excluding hydrogens is 464 g/mol. The average Bonchev–Trinajstić information content (AvgIpc) is 3.45. The summed E-state index contributed by atoms with van der Waals surface area (Å²) >= 11 is 1.66. The third-order valence-electron chi connectivity index (χ3n) is 6.87. The number of thiophene rings is 1. The number of benzene rings is 2. The minimum absolute atomic E-state index is 0.0895. The zero-order valence-corrected chi connectivity index (χ0v) is 20.1. The number of carbonyl (C=O) groups is 3. The van der Waals surface area contributed by atoms with E-state index in [1.54, 1.807) is 16.2 Å². The number of ether oxygens (including phenoxy) is 1. The van der Waals surface area contributed by atoms with Gasteiger partial charge in [-0.2, -0.15) is 0 Å². The second-order valence-corrected chi connectivity index (χ2v) is 9.88. The molecule has 0 bridgehead atoms. The monoisotopic (exact) mass is 490 g/mol. The van der Waals surface area contributed by atoms with Gasteiger partial charge in [0, 0.05) is 17.3 Å². The number of fused-ring (bicyclic) bond motifs is 4. The van der Waals surface area contributed by atoms with Gasteiger partial charge >= 0.3 is 12.1 Å². The molecule has 0 radical (unpaired) electrons. The zero-order valence-electron chi connectivity index (χ0n) is 19.3. The van der Waals surface area contributed by atoms with Crippen molar-refractivity contribution in [2.45, 2.75) is 37.8 Å². The van der Waals surface area contributed by atoms with E-state index in [9.17, 15) is 19.5 Å². The number of hydrogen-bond acceptors (Lipinski definition) is 5. The summed E-state index contributed by atoms with van der Waals surface area (Å²) in [4.78, 5) is 40.4.